The third-order valence-electron chi connectivity index (χ3n) is 3.37. The normalized spacial score (nSPS) is 20.5. The summed E-state index contributed by atoms with van der Waals surface area (Å²) in [5.74, 6) is 0.194. The Morgan fingerprint density at radius 1 is 1.53 bits per heavy atom. The van der Waals surface area contributed by atoms with Crippen LogP contribution in [0.25, 0.3) is 0 Å². The average Bonchev–Trinajstić information content (AvgIpc) is 2.45. The second kappa shape index (κ2) is 6.84. The Labute approximate surface area is 113 Å². The van der Waals surface area contributed by atoms with Gasteiger partial charge in [-0.25, -0.2) is 4.39 Å². The zero-order chi connectivity index (χ0) is 13.7. The van der Waals surface area contributed by atoms with Gasteiger partial charge in [0, 0.05) is 25.2 Å². The topological polar surface area (TPSA) is 47.7 Å². The van der Waals surface area contributed by atoms with Crippen LogP contribution in [0.4, 0.5) is 4.39 Å². The lowest BCUT2D eigenvalue weighted by molar-refractivity contribution is -0.0465. The first-order valence-corrected chi connectivity index (χ1v) is 6.68. The third kappa shape index (κ3) is 3.65. The van der Waals surface area contributed by atoms with Gasteiger partial charge in [-0.3, -0.25) is 4.90 Å². The molecule has 0 spiro atoms. The molecule has 1 heterocycles. The number of hydrogen-bond acceptors (Lipinski definition) is 4. The van der Waals surface area contributed by atoms with Gasteiger partial charge in [0.05, 0.1) is 6.61 Å². The maximum atomic E-state index is 13.5. The van der Waals surface area contributed by atoms with E-state index in [0.29, 0.717) is 17.9 Å². The Bertz CT molecular complexity index is 414. The van der Waals surface area contributed by atoms with E-state index in [2.05, 4.69) is 11.8 Å². The molecule has 0 aromatic heterocycles. The van der Waals surface area contributed by atoms with E-state index in [-0.39, 0.29) is 18.5 Å². The summed E-state index contributed by atoms with van der Waals surface area (Å²) < 4.78 is 24.8. The van der Waals surface area contributed by atoms with Crippen LogP contribution in [0, 0.1) is 5.82 Å². The van der Waals surface area contributed by atoms with Crippen LogP contribution in [-0.2, 0) is 11.3 Å². The van der Waals surface area contributed by atoms with Gasteiger partial charge < -0.3 is 15.2 Å². The van der Waals surface area contributed by atoms with Crippen molar-refractivity contribution >= 4 is 0 Å². The zero-order valence-corrected chi connectivity index (χ0v) is 11.3. The molecule has 2 N–H and O–H groups in total. The number of ether oxygens (including phenoxy) is 2. The number of benzene rings is 1. The minimum absolute atomic E-state index is 0.0302. The Kier molecular flexibility index (Phi) is 5.13. The Balaban J connectivity index is 1.93. The first-order chi connectivity index (χ1) is 9.24. The van der Waals surface area contributed by atoms with Crippen LogP contribution in [-0.4, -0.2) is 43.9 Å². The van der Waals surface area contributed by atoms with E-state index in [0.717, 1.165) is 26.2 Å². The van der Waals surface area contributed by atoms with Crippen LogP contribution in [0.15, 0.2) is 18.2 Å². The number of hydrogen-bond donors (Lipinski definition) is 1. The summed E-state index contributed by atoms with van der Waals surface area (Å²) in [5, 5.41) is 0. The van der Waals surface area contributed by atoms with Crippen molar-refractivity contribution in [2.24, 2.45) is 5.73 Å². The quantitative estimate of drug-likeness (QED) is 0.876. The highest BCUT2D eigenvalue weighted by Gasteiger charge is 2.20. The van der Waals surface area contributed by atoms with Crippen molar-refractivity contribution in [3.63, 3.8) is 0 Å². The molecule has 1 aliphatic heterocycles. The number of morpholine rings is 1. The highest BCUT2D eigenvalue weighted by molar-refractivity contribution is 5.34. The summed E-state index contributed by atoms with van der Waals surface area (Å²) in [6.07, 6.45) is 0.0302. The lowest BCUT2D eigenvalue weighted by atomic mass is 10.2. The van der Waals surface area contributed by atoms with Crippen molar-refractivity contribution in [1.29, 1.82) is 0 Å². The van der Waals surface area contributed by atoms with Crippen LogP contribution < -0.4 is 10.5 Å². The molecule has 19 heavy (non-hydrogen) atoms. The highest BCUT2D eigenvalue weighted by atomic mass is 19.1. The molecule has 0 amide bonds. The molecule has 1 atom stereocenters. The lowest BCUT2D eigenvalue weighted by Crippen LogP contribution is -2.44. The number of nitrogens with two attached hydrogens (primary N) is 1. The van der Waals surface area contributed by atoms with E-state index < -0.39 is 0 Å². The molecule has 1 aliphatic rings. The van der Waals surface area contributed by atoms with Crippen molar-refractivity contribution in [2.75, 3.05) is 32.8 Å². The number of nitrogens with zero attached hydrogens (tertiary/aromatic N) is 1. The van der Waals surface area contributed by atoms with Crippen LogP contribution in [0.1, 0.15) is 12.5 Å². The molecule has 0 saturated carbocycles. The van der Waals surface area contributed by atoms with Crippen molar-refractivity contribution in [3.8, 4) is 5.75 Å². The first kappa shape index (κ1) is 14.2. The fraction of sp³-hybridized carbons (Fsp3) is 0.571. The molecule has 5 heteroatoms. The molecule has 4 nitrogen and oxygen atoms in total. The monoisotopic (exact) mass is 268 g/mol. The highest BCUT2D eigenvalue weighted by Crippen LogP contribution is 2.21. The van der Waals surface area contributed by atoms with E-state index in [1.54, 1.807) is 12.1 Å². The van der Waals surface area contributed by atoms with Gasteiger partial charge in [0.25, 0.3) is 0 Å². The van der Waals surface area contributed by atoms with Crippen molar-refractivity contribution in [3.05, 3.63) is 29.6 Å². The van der Waals surface area contributed by atoms with Crippen molar-refractivity contribution < 1.29 is 13.9 Å². The fourth-order valence-electron chi connectivity index (χ4n) is 2.22. The standard InChI is InChI=1S/C14H21FN2O2/c1-2-17-6-7-18-11(9-17)10-19-14-5-3-4-13(15)12(14)8-16/h3-5,11H,2,6-10,16H2,1H3. The fourth-order valence-corrected chi connectivity index (χ4v) is 2.22. The summed E-state index contributed by atoms with van der Waals surface area (Å²) in [5.41, 5.74) is 5.97. The van der Waals surface area contributed by atoms with Crippen LogP contribution in [0.2, 0.25) is 0 Å². The predicted molar refractivity (Wildman–Crippen MR) is 71.6 cm³/mol. The summed E-state index contributed by atoms with van der Waals surface area (Å²) in [6.45, 7) is 6.22. The number of likely N-dealkylation sites (N-methyl/N-ethyl adjacent to an activating group) is 1. The summed E-state index contributed by atoms with van der Waals surface area (Å²) in [4.78, 5) is 2.31. The molecule has 1 aromatic rings. The molecule has 1 fully saturated rings. The molecule has 2 rings (SSSR count). The summed E-state index contributed by atoms with van der Waals surface area (Å²) >= 11 is 0. The van der Waals surface area contributed by atoms with Gasteiger partial charge in [0.2, 0.25) is 0 Å². The zero-order valence-electron chi connectivity index (χ0n) is 11.3. The second-order valence-corrected chi connectivity index (χ2v) is 4.62. The average molecular weight is 268 g/mol. The van der Waals surface area contributed by atoms with E-state index in [9.17, 15) is 4.39 Å². The lowest BCUT2D eigenvalue weighted by Gasteiger charge is -2.32. The van der Waals surface area contributed by atoms with Crippen LogP contribution >= 0.6 is 0 Å². The van der Waals surface area contributed by atoms with E-state index >= 15 is 0 Å². The predicted octanol–water partition coefficient (Wildman–Crippen LogP) is 1.38. The van der Waals surface area contributed by atoms with Crippen molar-refractivity contribution in [1.82, 2.24) is 4.90 Å². The molecular formula is C14H21FN2O2. The molecular weight excluding hydrogens is 247 g/mol. The summed E-state index contributed by atoms with van der Waals surface area (Å²) in [7, 11) is 0. The molecule has 1 saturated heterocycles. The van der Waals surface area contributed by atoms with E-state index in [1.165, 1.54) is 6.07 Å². The van der Waals surface area contributed by atoms with Gasteiger partial charge in [0.1, 0.15) is 24.3 Å². The SMILES string of the molecule is CCN1CCOC(COc2cccc(F)c2CN)C1. The van der Waals surface area contributed by atoms with E-state index in [1.807, 2.05) is 0 Å². The van der Waals surface area contributed by atoms with Crippen molar-refractivity contribution in [2.45, 2.75) is 19.6 Å². The second-order valence-electron chi connectivity index (χ2n) is 4.62. The van der Waals surface area contributed by atoms with Crippen LogP contribution in [0.3, 0.4) is 0 Å². The Morgan fingerprint density at radius 2 is 2.37 bits per heavy atom. The van der Waals surface area contributed by atoms with E-state index in [4.69, 9.17) is 15.2 Å². The maximum Gasteiger partial charge on any atom is 0.131 e. The van der Waals surface area contributed by atoms with Gasteiger partial charge >= 0.3 is 0 Å². The number of rotatable bonds is 5. The Hall–Kier alpha value is -1.17. The molecule has 1 aromatic carbocycles. The van der Waals surface area contributed by atoms with Gasteiger partial charge in [-0.1, -0.05) is 13.0 Å². The van der Waals surface area contributed by atoms with Gasteiger partial charge in [-0.05, 0) is 18.7 Å². The molecule has 0 aliphatic carbocycles. The molecule has 1 unspecified atom stereocenters. The minimum Gasteiger partial charge on any atom is -0.490 e. The number of halogens is 1. The van der Waals surface area contributed by atoms with Gasteiger partial charge in [0.15, 0.2) is 0 Å². The van der Waals surface area contributed by atoms with Gasteiger partial charge in [-0.2, -0.15) is 0 Å². The largest absolute Gasteiger partial charge is 0.490 e. The van der Waals surface area contributed by atoms with Gasteiger partial charge in [-0.15, -0.1) is 0 Å². The van der Waals surface area contributed by atoms with Crippen LogP contribution in [0.5, 0.6) is 5.75 Å². The third-order valence-corrected chi connectivity index (χ3v) is 3.37. The summed E-state index contributed by atoms with van der Waals surface area (Å²) in [6, 6.07) is 4.76. The molecule has 0 bridgehead atoms. The maximum absolute atomic E-state index is 13.5. The molecule has 106 valence electrons. The Morgan fingerprint density at radius 3 is 3.11 bits per heavy atom. The first-order valence-electron chi connectivity index (χ1n) is 6.68. The molecule has 0 radical (unpaired) electrons. The minimum atomic E-state index is -0.320. The smallest absolute Gasteiger partial charge is 0.131 e.